The summed E-state index contributed by atoms with van der Waals surface area (Å²) in [5, 5.41) is 16.7. The van der Waals surface area contributed by atoms with Crippen molar-refractivity contribution in [2.24, 2.45) is 0 Å². The largest absolute Gasteiger partial charge is 0.493 e. The average Bonchev–Trinajstić information content (AvgIpc) is 3.56. The highest BCUT2D eigenvalue weighted by Crippen LogP contribution is 2.42. The van der Waals surface area contributed by atoms with Crippen molar-refractivity contribution in [3.05, 3.63) is 65.9 Å². The summed E-state index contributed by atoms with van der Waals surface area (Å²) in [6.45, 7) is 10.1. The van der Waals surface area contributed by atoms with Gasteiger partial charge in [-0.1, -0.05) is 6.92 Å². The maximum absolute atomic E-state index is 13.3. The van der Waals surface area contributed by atoms with Crippen LogP contribution < -0.4 is 15.8 Å². The molecule has 0 unspecified atom stereocenters. The second kappa shape index (κ2) is 18.2. The van der Waals surface area contributed by atoms with Gasteiger partial charge in [-0.2, -0.15) is 39.5 Å². The number of carbonyl (C=O) groups excluding carboxylic acids is 2. The summed E-state index contributed by atoms with van der Waals surface area (Å²) in [5.41, 5.74) is 6.80. The van der Waals surface area contributed by atoms with Crippen LogP contribution in [0.15, 0.2) is 48.9 Å². The van der Waals surface area contributed by atoms with Crippen LogP contribution in [0.5, 0.6) is 5.75 Å². The molecule has 2 atom stereocenters. The topological polar surface area (TPSA) is 206 Å². The summed E-state index contributed by atoms with van der Waals surface area (Å²) in [5.74, 6) is -4.99. The SMILES string of the molecule is CCOc1cc(C(=O)Nc2cc(C(F)(F)F)ccn2)ccc1-c1nc([C@@]2(C)CC[C@@H]3CN(C(C)C)CC(=O)N3C2)n2ccnc(N)c12.O=C(O)C(F)(F)F.O=C(O)C(F)(F)F. The third kappa shape index (κ3) is 11.3. The number of aromatic nitrogens is 4. The number of carboxylic acids is 2. The number of nitrogens with one attached hydrogen (secondary N) is 1. The van der Waals surface area contributed by atoms with Gasteiger partial charge in [-0.25, -0.2) is 24.5 Å². The van der Waals surface area contributed by atoms with Gasteiger partial charge in [0.1, 0.15) is 34.4 Å². The van der Waals surface area contributed by atoms with E-state index in [1.165, 1.54) is 12.1 Å². The second-order valence-corrected chi connectivity index (χ2v) is 14.2. The number of nitrogen functional groups attached to an aromatic ring is 1. The van der Waals surface area contributed by atoms with Crippen molar-refractivity contribution in [3.8, 4) is 17.0 Å². The highest BCUT2D eigenvalue weighted by Gasteiger charge is 2.46. The van der Waals surface area contributed by atoms with E-state index >= 15 is 0 Å². The molecule has 61 heavy (non-hydrogen) atoms. The van der Waals surface area contributed by atoms with E-state index in [2.05, 4.69) is 41.0 Å². The Kier molecular flexibility index (Phi) is 14.2. The maximum Gasteiger partial charge on any atom is 0.490 e. The fraction of sp³-hybridized carbons (Fsp3) is 0.432. The molecule has 0 aliphatic carbocycles. The van der Waals surface area contributed by atoms with Gasteiger partial charge in [-0.05, 0) is 63.9 Å². The number of rotatable bonds is 7. The molecule has 0 radical (unpaired) electrons. The van der Waals surface area contributed by atoms with Crippen molar-refractivity contribution in [1.82, 2.24) is 29.2 Å². The number of nitrogens with two attached hydrogens (primary N) is 1. The van der Waals surface area contributed by atoms with Gasteiger partial charge in [0.15, 0.2) is 0 Å². The van der Waals surface area contributed by atoms with Crippen molar-refractivity contribution < 1.29 is 73.6 Å². The van der Waals surface area contributed by atoms with Crippen LogP contribution in [0.4, 0.5) is 51.1 Å². The number of piperidine rings is 1. The number of hydrogen-bond acceptors (Lipinski definition) is 10. The summed E-state index contributed by atoms with van der Waals surface area (Å²) in [7, 11) is 0. The zero-order chi connectivity index (χ0) is 45.8. The lowest BCUT2D eigenvalue weighted by atomic mass is 9.77. The van der Waals surface area contributed by atoms with E-state index in [1.807, 2.05) is 9.30 Å². The number of halogens is 9. The van der Waals surface area contributed by atoms with Gasteiger partial charge in [0, 0.05) is 60.3 Å². The molecular weight excluding hydrogens is 839 g/mol. The van der Waals surface area contributed by atoms with Gasteiger partial charge in [0.25, 0.3) is 5.91 Å². The molecule has 1 aromatic carbocycles. The third-order valence-electron chi connectivity index (χ3n) is 9.56. The van der Waals surface area contributed by atoms with Crippen molar-refractivity contribution >= 4 is 40.9 Å². The van der Waals surface area contributed by atoms with Gasteiger partial charge in [-0.3, -0.25) is 18.9 Å². The van der Waals surface area contributed by atoms with E-state index in [4.69, 9.17) is 35.3 Å². The van der Waals surface area contributed by atoms with Crippen molar-refractivity contribution in [2.75, 3.05) is 37.3 Å². The smallest absolute Gasteiger partial charge is 0.490 e. The Bertz CT molecular complexity index is 2240. The lowest BCUT2D eigenvalue weighted by Crippen LogP contribution is -2.63. The van der Waals surface area contributed by atoms with Crippen LogP contribution in [0.1, 0.15) is 62.3 Å². The predicted molar refractivity (Wildman–Crippen MR) is 197 cm³/mol. The number of imidazole rings is 1. The minimum Gasteiger partial charge on any atom is -0.493 e. The van der Waals surface area contributed by atoms with Crippen LogP contribution in [0, 0.1) is 0 Å². The molecule has 5 heterocycles. The standard InChI is InChI=1S/C33H37F3N8O3.2C2HF3O2/c1-5-47-24-14-20(30(46)40-25-15-21(9-11-38-25)33(34,35)36)6-7-23(24)27-28-29(37)39-12-13-43(28)31(41-27)32(4)10-8-22-16-42(19(2)3)17-26(45)44(22)18-32;2*3-2(4,5)1(6)7/h6-7,9,11-15,19,22H,5,8,10,16-18H2,1-4H3,(H2,37,39)(H,38,40,46);2*(H,6,7)/t22-,32+;;/m1../s1. The molecule has 0 spiro atoms. The third-order valence-corrected chi connectivity index (χ3v) is 9.56. The molecule has 2 aliphatic heterocycles. The fourth-order valence-corrected chi connectivity index (χ4v) is 6.56. The first kappa shape index (κ1) is 47.5. The van der Waals surface area contributed by atoms with Gasteiger partial charge in [-0.15, -0.1) is 0 Å². The number of carbonyl (C=O) groups is 4. The van der Waals surface area contributed by atoms with Crippen LogP contribution in [0.25, 0.3) is 16.8 Å². The zero-order valence-corrected chi connectivity index (χ0v) is 32.6. The van der Waals surface area contributed by atoms with Crippen LogP contribution in [-0.2, 0) is 26.0 Å². The highest BCUT2D eigenvalue weighted by molar-refractivity contribution is 6.05. The zero-order valence-electron chi connectivity index (χ0n) is 32.6. The van der Waals surface area contributed by atoms with Crippen molar-refractivity contribution in [3.63, 3.8) is 0 Å². The Hall–Kier alpha value is -6.20. The number of carboxylic acid groups (broad SMARTS) is 2. The van der Waals surface area contributed by atoms with Gasteiger partial charge in [0.2, 0.25) is 5.91 Å². The van der Waals surface area contributed by atoms with Crippen LogP contribution >= 0.6 is 0 Å². The Morgan fingerprint density at radius 1 is 0.984 bits per heavy atom. The lowest BCUT2D eigenvalue weighted by Gasteiger charge is -2.50. The number of alkyl halides is 9. The normalized spacial score (nSPS) is 18.4. The molecule has 332 valence electrons. The number of ether oxygens (including phenoxy) is 1. The lowest BCUT2D eigenvalue weighted by molar-refractivity contribution is -0.193. The fourth-order valence-electron chi connectivity index (χ4n) is 6.56. The molecule has 24 heteroatoms. The predicted octanol–water partition coefficient (Wildman–Crippen LogP) is 6.28. The average molecular weight is 879 g/mol. The molecule has 0 saturated carbocycles. The minimum atomic E-state index is -5.08. The first-order chi connectivity index (χ1) is 28.2. The van der Waals surface area contributed by atoms with Crippen LogP contribution in [0.3, 0.4) is 0 Å². The van der Waals surface area contributed by atoms with E-state index in [9.17, 15) is 49.1 Å². The molecule has 2 fully saturated rings. The molecule has 4 aromatic rings. The molecule has 2 amide bonds. The molecule has 15 nitrogen and oxygen atoms in total. The summed E-state index contributed by atoms with van der Waals surface area (Å²) in [4.78, 5) is 61.8. The summed E-state index contributed by atoms with van der Waals surface area (Å²) in [6.07, 6.45) is -8.72. The quantitative estimate of drug-likeness (QED) is 0.151. The van der Waals surface area contributed by atoms with E-state index in [1.54, 1.807) is 25.4 Å². The van der Waals surface area contributed by atoms with E-state index in [-0.39, 0.29) is 41.8 Å². The van der Waals surface area contributed by atoms with Gasteiger partial charge in [0.05, 0.1) is 18.7 Å². The number of amides is 2. The monoisotopic (exact) mass is 878 g/mol. The summed E-state index contributed by atoms with van der Waals surface area (Å²) in [6, 6.07) is 6.76. The van der Waals surface area contributed by atoms with Crippen LogP contribution in [-0.4, -0.2) is 114 Å². The molecule has 2 saturated heterocycles. The first-order valence-corrected chi connectivity index (χ1v) is 18.1. The number of anilines is 2. The first-order valence-electron chi connectivity index (χ1n) is 18.1. The Morgan fingerprint density at radius 3 is 2.16 bits per heavy atom. The Morgan fingerprint density at radius 2 is 1.61 bits per heavy atom. The molecule has 6 rings (SSSR count). The van der Waals surface area contributed by atoms with Gasteiger partial charge >= 0.3 is 30.5 Å². The van der Waals surface area contributed by atoms with E-state index in [0.29, 0.717) is 35.6 Å². The van der Waals surface area contributed by atoms with Crippen LogP contribution in [0.2, 0.25) is 0 Å². The molecular formula is C37H39F9N8O7. The summed E-state index contributed by atoms with van der Waals surface area (Å²) < 4.78 is 111. The molecule has 0 bridgehead atoms. The Labute approximate surface area is 340 Å². The number of piperazine rings is 1. The van der Waals surface area contributed by atoms with Crippen molar-refractivity contribution in [1.29, 1.82) is 0 Å². The number of hydrogen-bond donors (Lipinski definition) is 4. The molecule has 5 N–H and O–H groups in total. The number of nitrogens with zero attached hydrogens (tertiary/aromatic N) is 6. The number of aliphatic carboxylic acids is 2. The number of benzene rings is 1. The second-order valence-electron chi connectivity index (χ2n) is 14.2. The maximum atomic E-state index is 13.3. The number of pyridine rings is 1. The molecule has 2 aliphatic rings. The molecule has 3 aromatic heterocycles. The van der Waals surface area contributed by atoms with Crippen molar-refractivity contribution in [2.45, 2.75) is 76.6 Å². The van der Waals surface area contributed by atoms with Gasteiger partial charge < -0.3 is 30.9 Å². The summed E-state index contributed by atoms with van der Waals surface area (Å²) >= 11 is 0. The van der Waals surface area contributed by atoms with E-state index in [0.717, 1.165) is 43.5 Å². The number of fused-ring (bicyclic) bond motifs is 2. The minimum absolute atomic E-state index is 0.107. The Balaban J connectivity index is 0.000000504. The highest BCUT2D eigenvalue weighted by atomic mass is 19.4. The van der Waals surface area contributed by atoms with E-state index < -0.39 is 47.4 Å².